The van der Waals surface area contributed by atoms with Crippen molar-refractivity contribution in [1.29, 1.82) is 0 Å². The van der Waals surface area contributed by atoms with Crippen molar-refractivity contribution in [1.82, 2.24) is 4.90 Å². The molecular formula is C15H24N2O3. The number of carbonyl (C=O) groups excluding carboxylic acids is 1. The molecule has 0 aliphatic heterocycles. The average molecular weight is 280 g/mol. The highest BCUT2D eigenvalue weighted by Gasteiger charge is 2.17. The van der Waals surface area contributed by atoms with E-state index in [0.29, 0.717) is 6.54 Å². The zero-order valence-electron chi connectivity index (χ0n) is 12.4. The molecule has 0 saturated carbocycles. The molecule has 5 nitrogen and oxygen atoms in total. The average Bonchev–Trinajstić information content (AvgIpc) is 2.36. The third-order valence-electron chi connectivity index (χ3n) is 3.00. The quantitative estimate of drug-likeness (QED) is 0.743. The first kappa shape index (κ1) is 16.5. The minimum Gasteiger partial charge on any atom is -0.491 e. The van der Waals surface area contributed by atoms with Gasteiger partial charge >= 0.3 is 0 Å². The van der Waals surface area contributed by atoms with Gasteiger partial charge in [-0.15, -0.1) is 0 Å². The number of aliphatic hydroxyl groups excluding tert-OH is 1. The number of carbonyl (C=O) groups is 1. The standard InChI is InChI=1S/C15H24N2O3/c1-11(2)17(9-15(16)19)8-13(18)10-20-14-6-4-12(3)5-7-14/h4-7,11,13,18H,8-10H2,1-3H3,(H2,16,19). The number of hydrogen-bond donors (Lipinski definition) is 2. The Morgan fingerprint density at radius 3 is 2.45 bits per heavy atom. The van der Waals surface area contributed by atoms with E-state index in [4.69, 9.17) is 10.5 Å². The van der Waals surface area contributed by atoms with Gasteiger partial charge in [-0.1, -0.05) is 17.7 Å². The summed E-state index contributed by atoms with van der Waals surface area (Å²) in [5.41, 5.74) is 6.35. The van der Waals surface area contributed by atoms with Crippen molar-refractivity contribution in [2.75, 3.05) is 19.7 Å². The summed E-state index contributed by atoms with van der Waals surface area (Å²) in [6.45, 7) is 6.59. The normalized spacial score (nSPS) is 12.7. The first-order chi connectivity index (χ1) is 9.38. The van der Waals surface area contributed by atoms with Crippen LogP contribution >= 0.6 is 0 Å². The summed E-state index contributed by atoms with van der Waals surface area (Å²) in [5, 5.41) is 9.98. The second kappa shape index (κ2) is 7.87. The number of ether oxygens (including phenoxy) is 1. The molecule has 3 N–H and O–H groups in total. The summed E-state index contributed by atoms with van der Waals surface area (Å²) in [6.07, 6.45) is -0.668. The fourth-order valence-electron chi connectivity index (χ4n) is 1.81. The highest BCUT2D eigenvalue weighted by atomic mass is 16.5. The summed E-state index contributed by atoms with van der Waals surface area (Å²) in [7, 11) is 0. The van der Waals surface area contributed by atoms with Gasteiger partial charge in [0.1, 0.15) is 18.5 Å². The molecule has 0 aromatic heterocycles. The predicted octanol–water partition coefficient (Wildman–Crippen LogP) is 0.930. The number of amides is 1. The lowest BCUT2D eigenvalue weighted by Gasteiger charge is -2.27. The minimum atomic E-state index is -0.668. The van der Waals surface area contributed by atoms with E-state index < -0.39 is 12.0 Å². The lowest BCUT2D eigenvalue weighted by atomic mass is 10.2. The lowest BCUT2D eigenvalue weighted by molar-refractivity contribution is -0.120. The van der Waals surface area contributed by atoms with Gasteiger partial charge in [-0.2, -0.15) is 0 Å². The minimum absolute atomic E-state index is 0.136. The monoisotopic (exact) mass is 280 g/mol. The Balaban J connectivity index is 2.43. The topological polar surface area (TPSA) is 75.8 Å². The van der Waals surface area contributed by atoms with Crippen molar-refractivity contribution in [3.8, 4) is 5.75 Å². The van der Waals surface area contributed by atoms with Gasteiger partial charge < -0.3 is 15.6 Å². The molecule has 1 unspecified atom stereocenters. The Bertz CT molecular complexity index is 418. The molecule has 1 atom stereocenters. The van der Waals surface area contributed by atoms with E-state index >= 15 is 0 Å². The Kier molecular flexibility index (Phi) is 6.48. The highest BCUT2D eigenvalue weighted by Crippen LogP contribution is 2.12. The van der Waals surface area contributed by atoms with Crippen LogP contribution in [0.15, 0.2) is 24.3 Å². The van der Waals surface area contributed by atoms with Gasteiger partial charge in [0.05, 0.1) is 6.54 Å². The Morgan fingerprint density at radius 2 is 1.95 bits per heavy atom. The molecule has 0 saturated heterocycles. The molecule has 0 bridgehead atoms. The van der Waals surface area contributed by atoms with E-state index in [2.05, 4.69) is 0 Å². The second-order valence-electron chi connectivity index (χ2n) is 5.27. The molecule has 0 heterocycles. The molecule has 0 aliphatic rings. The van der Waals surface area contributed by atoms with E-state index in [-0.39, 0.29) is 19.2 Å². The van der Waals surface area contributed by atoms with Crippen molar-refractivity contribution in [3.63, 3.8) is 0 Å². The molecule has 1 aromatic rings. The van der Waals surface area contributed by atoms with Crippen LogP contribution in [0.1, 0.15) is 19.4 Å². The van der Waals surface area contributed by atoms with Crippen molar-refractivity contribution >= 4 is 5.91 Å². The van der Waals surface area contributed by atoms with Gasteiger partial charge in [0.2, 0.25) is 5.91 Å². The maximum Gasteiger partial charge on any atom is 0.231 e. The molecule has 112 valence electrons. The summed E-state index contributed by atoms with van der Waals surface area (Å²) < 4.78 is 5.52. The fourth-order valence-corrected chi connectivity index (χ4v) is 1.81. The second-order valence-corrected chi connectivity index (χ2v) is 5.27. The van der Waals surface area contributed by atoms with Crippen LogP contribution in [-0.2, 0) is 4.79 Å². The number of benzene rings is 1. The number of nitrogens with two attached hydrogens (primary N) is 1. The smallest absolute Gasteiger partial charge is 0.231 e. The van der Waals surface area contributed by atoms with Crippen LogP contribution in [0.4, 0.5) is 0 Å². The largest absolute Gasteiger partial charge is 0.491 e. The summed E-state index contributed by atoms with van der Waals surface area (Å²) in [5.74, 6) is 0.325. The van der Waals surface area contributed by atoms with E-state index in [1.807, 2.05) is 49.9 Å². The van der Waals surface area contributed by atoms with Crippen LogP contribution in [0.25, 0.3) is 0 Å². The molecule has 1 rings (SSSR count). The van der Waals surface area contributed by atoms with Crippen LogP contribution in [0.2, 0.25) is 0 Å². The van der Waals surface area contributed by atoms with Crippen LogP contribution in [0.5, 0.6) is 5.75 Å². The summed E-state index contributed by atoms with van der Waals surface area (Å²) >= 11 is 0. The van der Waals surface area contributed by atoms with E-state index in [9.17, 15) is 9.90 Å². The molecule has 0 radical (unpaired) electrons. The van der Waals surface area contributed by atoms with E-state index in [0.717, 1.165) is 11.3 Å². The first-order valence-electron chi connectivity index (χ1n) is 6.78. The van der Waals surface area contributed by atoms with Gasteiger partial charge in [0, 0.05) is 12.6 Å². The summed E-state index contributed by atoms with van der Waals surface area (Å²) in [4.78, 5) is 12.8. The van der Waals surface area contributed by atoms with E-state index in [1.54, 1.807) is 0 Å². The van der Waals surface area contributed by atoms with Crippen molar-refractivity contribution in [2.45, 2.75) is 32.9 Å². The molecule has 1 aromatic carbocycles. The number of aryl methyl sites for hydroxylation is 1. The van der Waals surface area contributed by atoms with Crippen LogP contribution < -0.4 is 10.5 Å². The van der Waals surface area contributed by atoms with Crippen LogP contribution in [0, 0.1) is 6.92 Å². The number of rotatable bonds is 8. The van der Waals surface area contributed by atoms with Crippen molar-refractivity contribution in [2.24, 2.45) is 5.73 Å². The molecule has 1 amide bonds. The zero-order valence-corrected chi connectivity index (χ0v) is 12.4. The Labute approximate surface area is 120 Å². The zero-order chi connectivity index (χ0) is 15.1. The van der Waals surface area contributed by atoms with E-state index in [1.165, 1.54) is 0 Å². The van der Waals surface area contributed by atoms with Gasteiger partial charge in [-0.05, 0) is 32.9 Å². The SMILES string of the molecule is Cc1ccc(OCC(O)CN(CC(N)=O)C(C)C)cc1. The van der Waals surface area contributed by atoms with Gasteiger partial charge in [-0.25, -0.2) is 0 Å². The Morgan fingerprint density at radius 1 is 1.35 bits per heavy atom. The molecule has 5 heteroatoms. The van der Waals surface area contributed by atoms with Crippen molar-refractivity contribution in [3.05, 3.63) is 29.8 Å². The molecule has 0 aliphatic carbocycles. The van der Waals surface area contributed by atoms with Gasteiger partial charge in [0.25, 0.3) is 0 Å². The fraction of sp³-hybridized carbons (Fsp3) is 0.533. The number of nitrogens with zero attached hydrogens (tertiary/aromatic N) is 1. The molecule has 20 heavy (non-hydrogen) atoms. The third kappa shape index (κ3) is 6.04. The molecule has 0 fully saturated rings. The van der Waals surface area contributed by atoms with Gasteiger partial charge in [-0.3, -0.25) is 9.69 Å². The lowest BCUT2D eigenvalue weighted by Crippen LogP contribution is -2.44. The summed E-state index contributed by atoms with van der Waals surface area (Å²) in [6, 6.07) is 7.78. The number of aliphatic hydroxyl groups is 1. The maximum atomic E-state index is 11.0. The Hall–Kier alpha value is -1.59. The van der Waals surface area contributed by atoms with Gasteiger partial charge in [0.15, 0.2) is 0 Å². The number of primary amides is 1. The predicted molar refractivity (Wildman–Crippen MR) is 78.6 cm³/mol. The maximum absolute atomic E-state index is 11.0. The first-order valence-corrected chi connectivity index (χ1v) is 6.78. The van der Waals surface area contributed by atoms with Crippen LogP contribution in [0.3, 0.4) is 0 Å². The molecule has 0 spiro atoms. The molecular weight excluding hydrogens is 256 g/mol. The third-order valence-corrected chi connectivity index (χ3v) is 3.00. The highest BCUT2D eigenvalue weighted by molar-refractivity contribution is 5.75. The number of hydrogen-bond acceptors (Lipinski definition) is 4. The van der Waals surface area contributed by atoms with Crippen molar-refractivity contribution < 1.29 is 14.6 Å². The van der Waals surface area contributed by atoms with Crippen LogP contribution in [-0.4, -0.2) is 47.8 Å².